The van der Waals surface area contributed by atoms with Crippen molar-refractivity contribution < 1.29 is 4.74 Å². The Bertz CT molecular complexity index is 400. The normalized spacial score (nSPS) is 22.9. The molecule has 100 valence electrons. The molecule has 1 aromatic rings. The molecule has 0 radical (unpaired) electrons. The second-order valence-electron chi connectivity index (χ2n) is 5.72. The van der Waals surface area contributed by atoms with Gasteiger partial charge in [-0.1, -0.05) is 26.8 Å². The van der Waals surface area contributed by atoms with Gasteiger partial charge in [0.25, 0.3) is 0 Å². The summed E-state index contributed by atoms with van der Waals surface area (Å²) in [7, 11) is 0. The maximum atomic E-state index is 5.63. The van der Waals surface area contributed by atoms with Crippen LogP contribution in [0.1, 0.15) is 57.2 Å². The average Bonchev–Trinajstić information content (AvgIpc) is 2.33. The van der Waals surface area contributed by atoms with Gasteiger partial charge in [-0.25, -0.2) is 0 Å². The molecule has 2 atom stereocenters. The van der Waals surface area contributed by atoms with Crippen LogP contribution < -0.4 is 10.1 Å². The molecule has 0 bridgehead atoms. The highest BCUT2D eigenvalue weighted by Crippen LogP contribution is 2.35. The molecule has 0 amide bonds. The zero-order valence-corrected chi connectivity index (χ0v) is 12.0. The zero-order valence-electron chi connectivity index (χ0n) is 12.0. The van der Waals surface area contributed by atoms with Crippen LogP contribution in [-0.4, -0.2) is 13.2 Å². The topological polar surface area (TPSA) is 21.3 Å². The molecular weight excluding hydrogens is 222 g/mol. The van der Waals surface area contributed by atoms with Gasteiger partial charge >= 0.3 is 0 Å². The molecule has 0 aromatic heterocycles. The molecule has 2 rings (SSSR count). The molecule has 0 aliphatic carbocycles. The molecule has 1 aliphatic rings. The lowest BCUT2D eigenvalue weighted by Gasteiger charge is -2.32. The molecule has 0 fully saturated rings. The number of ether oxygens (including phenoxy) is 1. The Kier molecular flexibility index (Phi) is 4.28. The third-order valence-corrected chi connectivity index (χ3v) is 3.65. The summed E-state index contributed by atoms with van der Waals surface area (Å²) < 4.78 is 5.63. The minimum atomic E-state index is 0.483. The monoisotopic (exact) mass is 247 g/mol. The number of hydrogen-bond donors (Lipinski definition) is 1. The first-order valence-corrected chi connectivity index (χ1v) is 7.11. The maximum Gasteiger partial charge on any atom is 0.119 e. The van der Waals surface area contributed by atoms with Crippen LogP contribution in [0.4, 0.5) is 0 Å². The van der Waals surface area contributed by atoms with Crippen LogP contribution in [-0.2, 0) is 0 Å². The summed E-state index contributed by atoms with van der Waals surface area (Å²) in [5.74, 6) is 2.31. The lowest BCUT2D eigenvalue weighted by molar-refractivity contribution is 0.336. The Morgan fingerprint density at radius 2 is 2.11 bits per heavy atom. The molecule has 2 heteroatoms. The number of fused-ring (bicyclic) bond motifs is 1. The first-order chi connectivity index (χ1) is 8.61. The van der Waals surface area contributed by atoms with E-state index in [0.717, 1.165) is 18.9 Å². The third-order valence-electron chi connectivity index (χ3n) is 3.65. The van der Waals surface area contributed by atoms with Gasteiger partial charge in [0.15, 0.2) is 0 Å². The summed E-state index contributed by atoms with van der Waals surface area (Å²) in [6, 6.07) is 7.07. The van der Waals surface area contributed by atoms with Gasteiger partial charge in [-0.2, -0.15) is 0 Å². The van der Waals surface area contributed by atoms with Crippen molar-refractivity contribution in [2.45, 2.75) is 46.1 Å². The molecule has 1 heterocycles. The van der Waals surface area contributed by atoms with Crippen LogP contribution in [0.5, 0.6) is 5.75 Å². The molecule has 1 aromatic carbocycles. The molecule has 1 aliphatic heterocycles. The van der Waals surface area contributed by atoms with Crippen molar-refractivity contribution in [3.63, 3.8) is 0 Å². The second-order valence-corrected chi connectivity index (χ2v) is 5.72. The lowest BCUT2D eigenvalue weighted by Crippen LogP contribution is -2.32. The summed E-state index contributed by atoms with van der Waals surface area (Å²) in [6.07, 6.45) is 1.19. The van der Waals surface area contributed by atoms with Gasteiger partial charge in [-0.05, 0) is 48.4 Å². The van der Waals surface area contributed by atoms with Crippen molar-refractivity contribution in [1.82, 2.24) is 5.32 Å². The highest BCUT2D eigenvalue weighted by molar-refractivity contribution is 5.41. The molecule has 2 unspecified atom stereocenters. The molecule has 0 spiro atoms. The van der Waals surface area contributed by atoms with E-state index in [9.17, 15) is 0 Å². The van der Waals surface area contributed by atoms with E-state index in [-0.39, 0.29) is 0 Å². The quantitative estimate of drug-likeness (QED) is 0.872. The van der Waals surface area contributed by atoms with Gasteiger partial charge in [-0.3, -0.25) is 0 Å². The first kappa shape index (κ1) is 13.4. The standard InChI is InChI=1S/C16H25NO/c1-5-18-13-6-7-14-12(4)10-17-16(8-11(2)3)15(14)9-13/h6-7,9,11-12,16-17H,5,8,10H2,1-4H3. The van der Waals surface area contributed by atoms with Crippen molar-refractivity contribution in [1.29, 1.82) is 0 Å². The summed E-state index contributed by atoms with van der Waals surface area (Å²) in [5, 5.41) is 3.67. The fraction of sp³-hybridized carbons (Fsp3) is 0.625. The van der Waals surface area contributed by atoms with Crippen LogP contribution in [0.2, 0.25) is 0 Å². The lowest BCUT2D eigenvalue weighted by atomic mass is 9.84. The van der Waals surface area contributed by atoms with E-state index in [1.165, 1.54) is 17.5 Å². The fourth-order valence-corrected chi connectivity index (χ4v) is 2.78. The Labute approximate surface area is 111 Å². The second kappa shape index (κ2) is 5.75. The number of hydrogen-bond acceptors (Lipinski definition) is 2. The average molecular weight is 247 g/mol. The van der Waals surface area contributed by atoms with Gasteiger partial charge in [0.05, 0.1) is 6.61 Å². The molecule has 1 N–H and O–H groups in total. The van der Waals surface area contributed by atoms with Crippen LogP contribution in [0.25, 0.3) is 0 Å². The molecule has 0 saturated heterocycles. The fourth-order valence-electron chi connectivity index (χ4n) is 2.78. The molecule has 2 nitrogen and oxygen atoms in total. The minimum Gasteiger partial charge on any atom is -0.494 e. The number of rotatable bonds is 4. The predicted molar refractivity (Wildman–Crippen MR) is 76.2 cm³/mol. The van der Waals surface area contributed by atoms with Gasteiger partial charge in [0, 0.05) is 12.6 Å². The summed E-state index contributed by atoms with van der Waals surface area (Å²) in [6.45, 7) is 10.7. The Balaban J connectivity index is 2.30. The van der Waals surface area contributed by atoms with Gasteiger partial charge < -0.3 is 10.1 Å². The van der Waals surface area contributed by atoms with E-state index in [1.54, 1.807) is 0 Å². The van der Waals surface area contributed by atoms with E-state index >= 15 is 0 Å². The van der Waals surface area contributed by atoms with E-state index in [2.05, 4.69) is 44.3 Å². The molecule has 18 heavy (non-hydrogen) atoms. The van der Waals surface area contributed by atoms with Crippen molar-refractivity contribution in [2.24, 2.45) is 5.92 Å². The van der Waals surface area contributed by atoms with Gasteiger partial charge in [0.1, 0.15) is 5.75 Å². The van der Waals surface area contributed by atoms with E-state index in [1.807, 2.05) is 6.92 Å². The Hall–Kier alpha value is -1.02. The van der Waals surface area contributed by atoms with Gasteiger partial charge in [-0.15, -0.1) is 0 Å². The van der Waals surface area contributed by atoms with E-state index in [4.69, 9.17) is 4.74 Å². The molecular formula is C16H25NO. The number of benzene rings is 1. The van der Waals surface area contributed by atoms with Crippen LogP contribution >= 0.6 is 0 Å². The SMILES string of the molecule is CCOc1ccc2c(c1)C(CC(C)C)NCC2C. The number of nitrogens with one attached hydrogen (secondary N) is 1. The van der Waals surface area contributed by atoms with Crippen molar-refractivity contribution in [2.75, 3.05) is 13.2 Å². The van der Waals surface area contributed by atoms with Crippen LogP contribution in [0.3, 0.4) is 0 Å². The summed E-state index contributed by atoms with van der Waals surface area (Å²) in [4.78, 5) is 0. The highest BCUT2D eigenvalue weighted by atomic mass is 16.5. The zero-order chi connectivity index (χ0) is 13.1. The van der Waals surface area contributed by atoms with Crippen LogP contribution in [0.15, 0.2) is 18.2 Å². The summed E-state index contributed by atoms with van der Waals surface area (Å²) >= 11 is 0. The molecule has 0 saturated carbocycles. The third kappa shape index (κ3) is 2.86. The Morgan fingerprint density at radius 1 is 1.33 bits per heavy atom. The smallest absolute Gasteiger partial charge is 0.119 e. The minimum absolute atomic E-state index is 0.483. The maximum absolute atomic E-state index is 5.63. The van der Waals surface area contributed by atoms with Gasteiger partial charge in [0.2, 0.25) is 0 Å². The van der Waals surface area contributed by atoms with E-state index in [0.29, 0.717) is 17.9 Å². The van der Waals surface area contributed by atoms with E-state index < -0.39 is 0 Å². The van der Waals surface area contributed by atoms with Crippen molar-refractivity contribution >= 4 is 0 Å². The van der Waals surface area contributed by atoms with Crippen molar-refractivity contribution in [3.8, 4) is 5.75 Å². The largest absolute Gasteiger partial charge is 0.494 e. The Morgan fingerprint density at radius 3 is 2.78 bits per heavy atom. The van der Waals surface area contributed by atoms with Crippen LogP contribution in [0, 0.1) is 5.92 Å². The first-order valence-electron chi connectivity index (χ1n) is 7.11. The summed E-state index contributed by atoms with van der Waals surface area (Å²) in [5.41, 5.74) is 2.93. The highest BCUT2D eigenvalue weighted by Gasteiger charge is 2.25. The predicted octanol–water partition coefficient (Wildman–Crippen LogP) is 3.88. The van der Waals surface area contributed by atoms with Crippen molar-refractivity contribution in [3.05, 3.63) is 29.3 Å².